The van der Waals surface area contributed by atoms with Crippen molar-refractivity contribution in [1.29, 1.82) is 0 Å². The van der Waals surface area contributed by atoms with Gasteiger partial charge in [0.2, 0.25) is 0 Å². The Hall–Kier alpha value is -0.410. The number of hydrogen-bond acceptors (Lipinski definition) is 3. The lowest BCUT2D eigenvalue weighted by Gasteiger charge is -2.27. The zero-order chi connectivity index (χ0) is 16.5. The molecule has 0 rings (SSSR count). The Morgan fingerprint density at radius 1 is 0.864 bits per heavy atom. The van der Waals surface area contributed by atoms with E-state index in [4.69, 9.17) is 0 Å². The summed E-state index contributed by atoms with van der Waals surface area (Å²) in [5.41, 5.74) is 0. The molecule has 0 radical (unpaired) electrons. The summed E-state index contributed by atoms with van der Waals surface area (Å²) in [5, 5.41) is 9.40. The topological polar surface area (TPSA) is 40.5 Å². The van der Waals surface area contributed by atoms with Crippen LogP contribution in [0.2, 0.25) is 0 Å². The van der Waals surface area contributed by atoms with Gasteiger partial charge in [-0.25, -0.2) is 0 Å². The van der Waals surface area contributed by atoms with E-state index < -0.39 is 0 Å². The standard InChI is InChI=1S/C19H39NO2/c1-3-4-5-6-9-12-15-20(19(2)18-22)16-13-10-7-8-11-14-17-21/h17,19,22H,3-16,18H2,1-2H3. The second-order valence-corrected chi connectivity index (χ2v) is 6.56. The molecule has 1 unspecified atom stereocenters. The number of unbranched alkanes of at least 4 members (excludes halogenated alkanes) is 10. The third kappa shape index (κ3) is 13.3. The van der Waals surface area contributed by atoms with E-state index in [1.807, 2.05) is 0 Å². The normalized spacial score (nSPS) is 12.7. The van der Waals surface area contributed by atoms with Crippen LogP contribution >= 0.6 is 0 Å². The second-order valence-electron chi connectivity index (χ2n) is 6.56. The summed E-state index contributed by atoms with van der Waals surface area (Å²) < 4.78 is 0. The molecule has 0 aliphatic heterocycles. The molecule has 132 valence electrons. The van der Waals surface area contributed by atoms with Gasteiger partial charge in [0.15, 0.2) is 0 Å². The predicted octanol–water partition coefficient (Wildman–Crippen LogP) is 4.57. The molecule has 0 spiro atoms. The van der Waals surface area contributed by atoms with Crippen LogP contribution in [0.1, 0.15) is 90.9 Å². The van der Waals surface area contributed by atoms with Gasteiger partial charge in [0.1, 0.15) is 6.29 Å². The SMILES string of the molecule is CCCCCCCCN(CCCCCCCC=O)C(C)CO. The molecule has 0 saturated carbocycles. The molecule has 3 nitrogen and oxygen atoms in total. The first-order valence-electron chi connectivity index (χ1n) is 9.54. The molecule has 1 N–H and O–H groups in total. The lowest BCUT2D eigenvalue weighted by atomic mass is 10.1. The van der Waals surface area contributed by atoms with E-state index in [0.717, 1.165) is 25.8 Å². The van der Waals surface area contributed by atoms with Crippen LogP contribution < -0.4 is 0 Å². The van der Waals surface area contributed by atoms with Crippen molar-refractivity contribution in [2.45, 2.75) is 96.9 Å². The van der Waals surface area contributed by atoms with Gasteiger partial charge in [0, 0.05) is 12.5 Å². The van der Waals surface area contributed by atoms with Crippen LogP contribution in [0.15, 0.2) is 0 Å². The van der Waals surface area contributed by atoms with Crippen molar-refractivity contribution in [3.63, 3.8) is 0 Å². The summed E-state index contributed by atoms with van der Waals surface area (Å²) in [4.78, 5) is 12.7. The molecule has 0 aromatic carbocycles. The molecule has 3 heteroatoms. The van der Waals surface area contributed by atoms with Crippen molar-refractivity contribution >= 4 is 6.29 Å². The van der Waals surface area contributed by atoms with Crippen LogP contribution in [0.25, 0.3) is 0 Å². The quantitative estimate of drug-likeness (QED) is 0.316. The van der Waals surface area contributed by atoms with Gasteiger partial charge in [-0.05, 0) is 39.3 Å². The van der Waals surface area contributed by atoms with E-state index in [1.165, 1.54) is 64.2 Å². The molecule has 0 fully saturated rings. The van der Waals surface area contributed by atoms with E-state index >= 15 is 0 Å². The van der Waals surface area contributed by atoms with Crippen LogP contribution in [-0.4, -0.2) is 42.0 Å². The average molecular weight is 314 g/mol. The summed E-state index contributed by atoms with van der Waals surface area (Å²) in [6.45, 7) is 6.86. The van der Waals surface area contributed by atoms with Gasteiger partial charge in [-0.15, -0.1) is 0 Å². The van der Waals surface area contributed by atoms with Gasteiger partial charge in [0.25, 0.3) is 0 Å². The van der Waals surface area contributed by atoms with Crippen molar-refractivity contribution < 1.29 is 9.90 Å². The lowest BCUT2D eigenvalue weighted by molar-refractivity contribution is -0.107. The molecule has 0 aromatic heterocycles. The molecule has 0 aliphatic rings. The van der Waals surface area contributed by atoms with Gasteiger partial charge < -0.3 is 9.90 Å². The minimum Gasteiger partial charge on any atom is -0.395 e. The van der Waals surface area contributed by atoms with Gasteiger partial charge >= 0.3 is 0 Å². The van der Waals surface area contributed by atoms with Gasteiger partial charge in [0.05, 0.1) is 6.61 Å². The van der Waals surface area contributed by atoms with E-state index in [-0.39, 0.29) is 12.6 Å². The highest BCUT2D eigenvalue weighted by Crippen LogP contribution is 2.10. The summed E-state index contributed by atoms with van der Waals surface area (Å²) in [5.74, 6) is 0. The lowest BCUT2D eigenvalue weighted by Crippen LogP contribution is -2.37. The first-order valence-corrected chi connectivity index (χ1v) is 9.54. The van der Waals surface area contributed by atoms with Crippen molar-refractivity contribution in [3.05, 3.63) is 0 Å². The van der Waals surface area contributed by atoms with Crippen LogP contribution in [0, 0.1) is 0 Å². The maximum Gasteiger partial charge on any atom is 0.119 e. The number of rotatable bonds is 17. The molecule has 1 atom stereocenters. The molecule has 0 aliphatic carbocycles. The fourth-order valence-electron chi connectivity index (χ4n) is 2.84. The van der Waals surface area contributed by atoms with E-state index in [2.05, 4.69) is 18.7 Å². The molecule has 0 saturated heterocycles. The number of hydrogen-bond donors (Lipinski definition) is 1. The fraction of sp³-hybridized carbons (Fsp3) is 0.947. The number of carbonyl (C=O) groups excluding carboxylic acids is 1. The van der Waals surface area contributed by atoms with E-state index in [0.29, 0.717) is 6.42 Å². The number of aldehydes is 1. The van der Waals surface area contributed by atoms with Gasteiger partial charge in [-0.1, -0.05) is 58.3 Å². The summed E-state index contributed by atoms with van der Waals surface area (Å²) >= 11 is 0. The van der Waals surface area contributed by atoms with Crippen molar-refractivity contribution in [3.8, 4) is 0 Å². The maximum absolute atomic E-state index is 10.2. The predicted molar refractivity (Wildman–Crippen MR) is 95.3 cm³/mol. The van der Waals surface area contributed by atoms with Gasteiger partial charge in [-0.2, -0.15) is 0 Å². The van der Waals surface area contributed by atoms with E-state index in [9.17, 15) is 9.90 Å². The molecular formula is C19H39NO2. The molecule has 0 heterocycles. The fourth-order valence-corrected chi connectivity index (χ4v) is 2.84. The Kier molecular flexibility index (Phi) is 16.6. The Morgan fingerprint density at radius 2 is 1.36 bits per heavy atom. The monoisotopic (exact) mass is 313 g/mol. The van der Waals surface area contributed by atoms with Crippen molar-refractivity contribution in [2.75, 3.05) is 19.7 Å². The van der Waals surface area contributed by atoms with Crippen LogP contribution in [-0.2, 0) is 4.79 Å². The highest BCUT2D eigenvalue weighted by molar-refractivity contribution is 5.48. The van der Waals surface area contributed by atoms with E-state index in [1.54, 1.807) is 0 Å². The Morgan fingerprint density at radius 3 is 1.86 bits per heavy atom. The Bertz CT molecular complexity index is 233. The highest BCUT2D eigenvalue weighted by atomic mass is 16.3. The van der Waals surface area contributed by atoms with Gasteiger partial charge in [-0.3, -0.25) is 4.90 Å². The summed E-state index contributed by atoms with van der Waals surface area (Å²) in [7, 11) is 0. The zero-order valence-corrected chi connectivity index (χ0v) is 15.1. The number of aliphatic hydroxyl groups excluding tert-OH is 1. The molecular weight excluding hydrogens is 274 g/mol. The Labute approximate surface area is 138 Å². The number of nitrogens with zero attached hydrogens (tertiary/aromatic N) is 1. The third-order valence-electron chi connectivity index (χ3n) is 4.45. The average Bonchev–Trinajstić information content (AvgIpc) is 2.54. The van der Waals surface area contributed by atoms with Crippen LogP contribution in [0.3, 0.4) is 0 Å². The molecule has 0 aromatic rings. The largest absolute Gasteiger partial charge is 0.395 e. The first-order chi connectivity index (χ1) is 10.8. The Balaban J connectivity index is 3.68. The minimum atomic E-state index is 0.259. The summed E-state index contributed by atoms with van der Waals surface area (Å²) in [6.07, 6.45) is 15.6. The third-order valence-corrected chi connectivity index (χ3v) is 4.45. The smallest absolute Gasteiger partial charge is 0.119 e. The van der Waals surface area contributed by atoms with Crippen LogP contribution in [0.5, 0.6) is 0 Å². The zero-order valence-electron chi connectivity index (χ0n) is 15.1. The first kappa shape index (κ1) is 21.6. The second kappa shape index (κ2) is 17.0. The highest BCUT2D eigenvalue weighted by Gasteiger charge is 2.11. The van der Waals surface area contributed by atoms with Crippen LogP contribution in [0.4, 0.5) is 0 Å². The van der Waals surface area contributed by atoms with Crippen molar-refractivity contribution in [2.24, 2.45) is 0 Å². The van der Waals surface area contributed by atoms with Crippen molar-refractivity contribution in [1.82, 2.24) is 4.90 Å². The number of carbonyl (C=O) groups is 1. The maximum atomic E-state index is 10.2. The minimum absolute atomic E-state index is 0.259. The molecule has 0 bridgehead atoms. The number of aliphatic hydroxyl groups is 1. The molecule has 22 heavy (non-hydrogen) atoms. The molecule has 0 amide bonds. The summed E-state index contributed by atoms with van der Waals surface area (Å²) in [6, 6.07) is 0.283.